The van der Waals surface area contributed by atoms with Gasteiger partial charge in [-0.25, -0.2) is 9.07 Å². The average Bonchev–Trinajstić information content (AvgIpc) is 3.10. The van der Waals surface area contributed by atoms with Crippen molar-refractivity contribution >= 4 is 11.6 Å². The number of halogens is 2. The second-order valence-electron chi connectivity index (χ2n) is 4.80. The number of hydrogen-bond acceptors (Lipinski definition) is 3. The molecular weight excluding hydrogens is 267 g/mol. The molecule has 1 aliphatic rings. The summed E-state index contributed by atoms with van der Waals surface area (Å²) in [6, 6.07) is 4.82. The standard InChI is InChI=1S/C13H14ClFN4/c14-11-2-1-3-12(13(11)15)19-8-10(17-18-19)7-16-6-9-4-5-9/h1-3,8-9,16H,4-7H2. The second-order valence-corrected chi connectivity index (χ2v) is 5.21. The topological polar surface area (TPSA) is 42.7 Å². The molecule has 4 nitrogen and oxygen atoms in total. The fourth-order valence-corrected chi connectivity index (χ4v) is 2.06. The van der Waals surface area contributed by atoms with Crippen molar-refractivity contribution in [2.24, 2.45) is 5.92 Å². The molecule has 1 aliphatic carbocycles. The summed E-state index contributed by atoms with van der Waals surface area (Å²) in [6.07, 6.45) is 4.34. The van der Waals surface area contributed by atoms with E-state index in [1.165, 1.54) is 23.6 Å². The SMILES string of the molecule is Fc1c(Cl)cccc1-n1cc(CNCC2CC2)nn1. The van der Waals surface area contributed by atoms with Gasteiger partial charge in [-0.1, -0.05) is 22.9 Å². The van der Waals surface area contributed by atoms with E-state index in [0.717, 1.165) is 18.2 Å². The van der Waals surface area contributed by atoms with Crippen LogP contribution in [0.4, 0.5) is 4.39 Å². The molecule has 1 heterocycles. The van der Waals surface area contributed by atoms with Crippen molar-refractivity contribution in [3.63, 3.8) is 0 Å². The van der Waals surface area contributed by atoms with Gasteiger partial charge in [-0.05, 0) is 37.4 Å². The van der Waals surface area contributed by atoms with Gasteiger partial charge in [0.2, 0.25) is 0 Å². The van der Waals surface area contributed by atoms with Gasteiger partial charge >= 0.3 is 0 Å². The predicted molar refractivity (Wildman–Crippen MR) is 70.8 cm³/mol. The third-order valence-corrected chi connectivity index (χ3v) is 3.45. The Labute approximate surface area is 115 Å². The highest BCUT2D eigenvalue weighted by atomic mass is 35.5. The van der Waals surface area contributed by atoms with E-state index in [-0.39, 0.29) is 5.02 Å². The zero-order chi connectivity index (χ0) is 13.2. The molecule has 1 saturated carbocycles. The molecule has 3 rings (SSSR count). The molecule has 1 fully saturated rings. The monoisotopic (exact) mass is 280 g/mol. The third kappa shape index (κ3) is 2.93. The van der Waals surface area contributed by atoms with Gasteiger partial charge in [-0.3, -0.25) is 0 Å². The first-order valence-electron chi connectivity index (χ1n) is 6.30. The lowest BCUT2D eigenvalue weighted by molar-refractivity contribution is 0.607. The van der Waals surface area contributed by atoms with Crippen LogP contribution in [-0.4, -0.2) is 21.5 Å². The maximum Gasteiger partial charge on any atom is 0.167 e. The van der Waals surface area contributed by atoms with Gasteiger partial charge in [0.25, 0.3) is 0 Å². The largest absolute Gasteiger partial charge is 0.311 e. The van der Waals surface area contributed by atoms with Crippen molar-refractivity contribution in [1.29, 1.82) is 0 Å². The number of nitrogens with zero attached hydrogens (tertiary/aromatic N) is 3. The molecule has 2 aromatic rings. The molecule has 0 radical (unpaired) electrons. The minimum atomic E-state index is -0.480. The van der Waals surface area contributed by atoms with E-state index < -0.39 is 5.82 Å². The maximum absolute atomic E-state index is 13.8. The van der Waals surface area contributed by atoms with Gasteiger partial charge in [-0.2, -0.15) is 0 Å². The van der Waals surface area contributed by atoms with E-state index in [9.17, 15) is 4.39 Å². The molecule has 0 unspecified atom stereocenters. The van der Waals surface area contributed by atoms with Gasteiger partial charge in [0, 0.05) is 6.54 Å². The summed E-state index contributed by atoms with van der Waals surface area (Å²) in [6.45, 7) is 1.66. The van der Waals surface area contributed by atoms with E-state index in [0.29, 0.717) is 12.2 Å². The van der Waals surface area contributed by atoms with Crippen LogP contribution in [0.15, 0.2) is 24.4 Å². The Morgan fingerprint density at radius 1 is 1.42 bits per heavy atom. The normalized spacial score (nSPS) is 14.8. The van der Waals surface area contributed by atoms with Crippen LogP contribution in [0.3, 0.4) is 0 Å². The molecule has 0 atom stereocenters. The summed E-state index contributed by atoms with van der Waals surface area (Å²) in [5.41, 5.74) is 1.11. The molecule has 0 spiro atoms. The number of benzene rings is 1. The van der Waals surface area contributed by atoms with Crippen molar-refractivity contribution in [2.75, 3.05) is 6.54 Å². The molecular formula is C13H14ClFN4. The second kappa shape index (κ2) is 5.27. The predicted octanol–water partition coefficient (Wildman–Crippen LogP) is 2.56. The highest BCUT2D eigenvalue weighted by Gasteiger charge is 2.20. The molecule has 1 aromatic carbocycles. The van der Waals surface area contributed by atoms with Crippen LogP contribution in [0.2, 0.25) is 5.02 Å². The Hall–Kier alpha value is -1.46. The first-order valence-corrected chi connectivity index (χ1v) is 6.68. The van der Waals surface area contributed by atoms with Crippen LogP contribution >= 0.6 is 11.6 Å². The molecule has 100 valence electrons. The molecule has 0 saturated heterocycles. The Morgan fingerprint density at radius 2 is 2.26 bits per heavy atom. The molecule has 0 aliphatic heterocycles. The van der Waals surface area contributed by atoms with Crippen LogP contribution in [0.1, 0.15) is 18.5 Å². The van der Waals surface area contributed by atoms with Crippen LogP contribution in [0.5, 0.6) is 0 Å². The minimum absolute atomic E-state index is 0.0846. The lowest BCUT2D eigenvalue weighted by Crippen LogP contribution is -2.16. The first-order chi connectivity index (χ1) is 9.24. The Morgan fingerprint density at radius 3 is 3.05 bits per heavy atom. The summed E-state index contributed by atoms with van der Waals surface area (Å²) < 4.78 is 15.2. The Kier molecular flexibility index (Phi) is 3.48. The van der Waals surface area contributed by atoms with E-state index in [1.54, 1.807) is 18.3 Å². The third-order valence-electron chi connectivity index (χ3n) is 3.15. The summed E-state index contributed by atoms with van der Waals surface area (Å²) in [7, 11) is 0. The van der Waals surface area contributed by atoms with Gasteiger partial charge in [0.1, 0.15) is 5.69 Å². The van der Waals surface area contributed by atoms with E-state index in [2.05, 4.69) is 15.6 Å². The van der Waals surface area contributed by atoms with Gasteiger partial charge in [0.15, 0.2) is 5.82 Å². The molecule has 0 bridgehead atoms. The van der Waals surface area contributed by atoms with Crippen molar-refractivity contribution in [3.8, 4) is 5.69 Å². The van der Waals surface area contributed by atoms with E-state index in [4.69, 9.17) is 11.6 Å². The highest BCUT2D eigenvalue weighted by Crippen LogP contribution is 2.27. The van der Waals surface area contributed by atoms with Crippen LogP contribution in [-0.2, 0) is 6.54 Å². The number of hydrogen-bond donors (Lipinski definition) is 1. The summed E-state index contributed by atoms with van der Waals surface area (Å²) >= 11 is 5.75. The van der Waals surface area contributed by atoms with Crippen molar-refractivity contribution in [2.45, 2.75) is 19.4 Å². The zero-order valence-electron chi connectivity index (χ0n) is 10.3. The highest BCUT2D eigenvalue weighted by molar-refractivity contribution is 6.30. The summed E-state index contributed by atoms with van der Waals surface area (Å²) in [5, 5.41) is 11.4. The smallest absolute Gasteiger partial charge is 0.167 e. The minimum Gasteiger partial charge on any atom is -0.311 e. The summed E-state index contributed by atoms with van der Waals surface area (Å²) in [5.74, 6) is 0.340. The fraction of sp³-hybridized carbons (Fsp3) is 0.385. The van der Waals surface area contributed by atoms with Gasteiger partial charge in [-0.15, -0.1) is 5.10 Å². The molecule has 19 heavy (non-hydrogen) atoms. The molecule has 1 N–H and O–H groups in total. The Balaban J connectivity index is 1.70. The first kappa shape index (κ1) is 12.6. The van der Waals surface area contributed by atoms with Crippen LogP contribution in [0.25, 0.3) is 5.69 Å². The average molecular weight is 281 g/mol. The van der Waals surface area contributed by atoms with E-state index >= 15 is 0 Å². The summed E-state index contributed by atoms with van der Waals surface area (Å²) in [4.78, 5) is 0. The number of rotatable bonds is 5. The van der Waals surface area contributed by atoms with Gasteiger partial charge < -0.3 is 5.32 Å². The van der Waals surface area contributed by atoms with Crippen molar-refractivity contribution < 1.29 is 4.39 Å². The maximum atomic E-state index is 13.8. The van der Waals surface area contributed by atoms with Gasteiger partial charge in [0.05, 0.1) is 16.9 Å². The van der Waals surface area contributed by atoms with Crippen molar-refractivity contribution in [3.05, 3.63) is 40.9 Å². The lowest BCUT2D eigenvalue weighted by atomic mass is 10.3. The van der Waals surface area contributed by atoms with Crippen LogP contribution in [0, 0.1) is 11.7 Å². The van der Waals surface area contributed by atoms with Crippen LogP contribution < -0.4 is 5.32 Å². The quantitative estimate of drug-likeness (QED) is 0.915. The van der Waals surface area contributed by atoms with E-state index in [1.807, 2.05) is 0 Å². The zero-order valence-corrected chi connectivity index (χ0v) is 11.1. The lowest BCUT2D eigenvalue weighted by Gasteiger charge is -2.02. The molecule has 1 aromatic heterocycles. The molecule has 0 amide bonds. The Bertz CT molecular complexity index is 580. The number of nitrogens with one attached hydrogen (secondary N) is 1. The number of aromatic nitrogens is 3. The molecule has 6 heteroatoms. The van der Waals surface area contributed by atoms with Crippen molar-refractivity contribution in [1.82, 2.24) is 20.3 Å². The fourth-order valence-electron chi connectivity index (χ4n) is 1.89.